The fourth-order valence-corrected chi connectivity index (χ4v) is 1.73. The van der Waals surface area contributed by atoms with E-state index in [0.29, 0.717) is 6.54 Å². The number of nitrogens with zero attached hydrogens (tertiary/aromatic N) is 1. The van der Waals surface area contributed by atoms with Crippen LogP contribution < -0.4 is 10.5 Å². The maximum Gasteiger partial charge on any atom is 0.126 e. The molecule has 1 aliphatic heterocycles. The zero-order valence-electron chi connectivity index (χ0n) is 6.45. The summed E-state index contributed by atoms with van der Waals surface area (Å²) in [5, 5.41) is 0. The third kappa shape index (κ3) is 1.31. The Kier molecular flexibility index (Phi) is 2.01. The summed E-state index contributed by atoms with van der Waals surface area (Å²) >= 11 is 1.56. The number of aliphatic imine (C=N–C) groups is 1. The van der Waals surface area contributed by atoms with Crippen molar-refractivity contribution in [2.75, 3.05) is 6.54 Å². The fraction of sp³-hybridized carbons (Fsp3) is 0.125. The molecule has 2 rings (SSSR count). The topological polar surface area (TPSA) is 50.4 Å². The van der Waals surface area contributed by atoms with Gasteiger partial charge in [-0.2, -0.15) is 0 Å². The van der Waals surface area contributed by atoms with Gasteiger partial charge in [0.05, 0.1) is 17.1 Å². The van der Waals surface area contributed by atoms with Gasteiger partial charge in [0.25, 0.3) is 0 Å². The molecule has 0 aliphatic carbocycles. The summed E-state index contributed by atoms with van der Waals surface area (Å²) in [6.45, 7) is 0.460. The summed E-state index contributed by atoms with van der Waals surface area (Å²) in [6, 6.07) is 7.99. The quantitative estimate of drug-likeness (QED) is 0.639. The maximum atomic E-state index is 5.45. The zero-order valence-corrected chi connectivity index (χ0v) is 7.27. The van der Waals surface area contributed by atoms with E-state index in [1.807, 2.05) is 24.3 Å². The highest BCUT2D eigenvalue weighted by atomic mass is 32.2. The van der Waals surface area contributed by atoms with Crippen LogP contribution in [0.2, 0.25) is 0 Å². The third-order valence-corrected chi connectivity index (χ3v) is 2.50. The minimum absolute atomic E-state index is 0.460. The predicted molar refractivity (Wildman–Crippen MR) is 51.6 cm³/mol. The van der Waals surface area contributed by atoms with Crippen LogP contribution in [-0.4, -0.2) is 12.4 Å². The molecule has 0 bridgehead atoms. The van der Waals surface area contributed by atoms with Crippen molar-refractivity contribution in [3.8, 4) is 0 Å². The fourth-order valence-electron chi connectivity index (χ4n) is 1.01. The molecule has 0 aromatic heterocycles. The summed E-state index contributed by atoms with van der Waals surface area (Å²) < 4.78 is 3.07. The molecule has 62 valence electrons. The zero-order chi connectivity index (χ0) is 8.39. The van der Waals surface area contributed by atoms with Crippen molar-refractivity contribution >= 4 is 23.5 Å². The van der Waals surface area contributed by atoms with Crippen molar-refractivity contribution in [2.45, 2.75) is 4.90 Å². The van der Waals surface area contributed by atoms with E-state index in [-0.39, 0.29) is 0 Å². The lowest BCUT2D eigenvalue weighted by molar-refractivity contribution is 1.19. The predicted octanol–water partition coefficient (Wildman–Crippen LogP) is 1.29. The highest BCUT2D eigenvalue weighted by Gasteiger charge is 2.08. The largest absolute Gasteiger partial charge is 0.324 e. The molecule has 3 N–H and O–H groups in total. The van der Waals surface area contributed by atoms with E-state index >= 15 is 0 Å². The van der Waals surface area contributed by atoms with Crippen molar-refractivity contribution in [3.05, 3.63) is 24.3 Å². The number of hydrogen-bond donors (Lipinski definition) is 2. The Bertz CT molecular complexity index is 322. The summed E-state index contributed by atoms with van der Waals surface area (Å²) in [4.78, 5) is 5.47. The molecule has 1 heterocycles. The third-order valence-electron chi connectivity index (χ3n) is 1.59. The van der Waals surface area contributed by atoms with Gasteiger partial charge in [-0.05, 0) is 24.1 Å². The van der Waals surface area contributed by atoms with Gasteiger partial charge < -0.3 is 10.5 Å². The van der Waals surface area contributed by atoms with E-state index in [0.717, 1.165) is 16.4 Å². The van der Waals surface area contributed by atoms with Crippen LogP contribution in [0.15, 0.2) is 34.2 Å². The summed E-state index contributed by atoms with van der Waals surface area (Å²) in [7, 11) is 0. The highest BCUT2D eigenvalue weighted by Crippen LogP contribution is 2.30. The second kappa shape index (κ2) is 3.16. The smallest absolute Gasteiger partial charge is 0.126 e. The lowest BCUT2D eigenvalue weighted by atomic mass is 10.3. The van der Waals surface area contributed by atoms with Crippen LogP contribution in [-0.2, 0) is 0 Å². The van der Waals surface area contributed by atoms with E-state index in [9.17, 15) is 0 Å². The van der Waals surface area contributed by atoms with Crippen LogP contribution in [0.3, 0.4) is 0 Å². The Hall–Kier alpha value is -1.00. The molecule has 0 amide bonds. The first-order valence-corrected chi connectivity index (χ1v) is 4.51. The Morgan fingerprint density at radius 2 is 2.25 bits per heavy atom. The molecule has 0 fully saturated rings. The number of amidine groups is 1. The second-order valence-corrected chi connectivity index (χ2v) is 3.28. The average molecular weight is 179 g/mol. The van der Waals surface area contributed by atoms with E-state index in [2.05, 4.69) is 9.71 Å². The van der Waals surface area contributed by atoms with Crippen molar-refractivity contribution in [1.82, 2.24) is 4.72 Å². The van der Waals surface area contributed by atoms with Crippen LogP contribution >= 0.6 is 11.9 Å². The maximum absolute atomic E-state index is 5.45. The Labute approximate surface area is 75.2 Å². The molecule has 1 aromatic carbocycles. The molecular weight excluding hydrogens is 170 g/mol. The number of rotatable bonds is 1. The monoisotopic (exact) mass is 179 g/mol. The highest BCUT2D eigenvalue weighted by molar-refractivity contribution is 7.98. The molecule has 1 aliphatic rings. The first-order valence-electron chi connectivity index (χ1n) is 3.69. The molecule has 0 saturated carbocycles. The summed E-state index contributed by atoms with van der Waals surface area (Å²) in [5.74, 6) is 0.832. The Morgan fingerprint density at radius 3 is 3.08 bits per heavy atom. The number of hydrogen-bond acceptors (Lipinski definition) is 4. The molecule has 4 heteroatoms. The number of para-hydroxylation sites is 1. The summed E-state index contributed by atoms with van der Waals surface area (Å²) in [6.07, 6.45) is 0. The molecule has 0 radical (unpaired) electrons. The van der Waals surface area contributed by atoms with Gasteiger partial charge in [0.15, 0.2) is 0 Å². The van der Waals surface area contributed by atoms with Gasteiger partial charge in [-0.15, -0.1) is 0 Å². The first-order chi connectivity index (χ1) is 5.90. The molecule has 3 nitrogen and oxygen atoms in total. The Balaban J connectivity index is 2.41. The van der Waals surface area contributed by atoms with Gasteiger partial charge in [-0.25, -0.2) is 4.99 Å². The van der Waals surface area contributed by atoms with Crippen LogP contribution in [0.1, 0.15) is 0 Å². The molecule has 0 unspecified atom stereocenters. The van der Waals surface area contributed by atoms with Crippen molar-refractivity contribution < 1.29 is 0 Å². The average Bonchev–Trinajstić information content (AvgIpc) is 2.17. The molecule has 0 spiro atoms. The summed E-state index contributed by atoms with van der Waals surface area (Å²) in [5.41, 5.74) is 6.46. The van der Waals surface area contributed by atoms with Gasteiger partial charge in [0.2, 0.25) is 0 Å². The van der Waals surface area contributed by atoms with Gasteiger partial charge in [0.1, 0.15) is 5.84 Å². The van der Waals surface area contributed by atoms with E-state index in [4.69, 9.17) is 5.73 Å². The van der Waals surface area contributed by atoms with Crippen LogP contribution in [0.5, 0.6) is 0 Å². The molecule has 0 atom stereocenters. The van der Waals surface area contributed by atoms with E-state index in [1.54, 1.807) is 11.9 Å². The molecule has 0 saturated heterocycles. The number of fused-ring (bicyclic) bond motifs is 1. The van der Waals surface area contributed by atoms with Crippen LogP contribution in [0, 0.1) is 0 Å². The van der Waals surface area contributed by atoms with Gasteiger partial charge in [-0.3, -0.25) is 0 Å². The van der Waals surface area contributed by atoms with Gasteiger partial charge in [-0.1, -0.05) is 12.1 Å². The Morgan fingerprint density at radius 1 is 1.42 bits per heavy atom. The number of benzene rings is 1. The van der Waals surface area contributed by atoms with E-state index in [1.165, 1.54) is 0 Å². The normalized spacial score (nSPS) is 14.6. The number of nitrogens with one attached hydrogen (secondary N) is 1. The van der Waals surface area contributed by atoms with E-state index < -0.39 is 0 Å². The first kappa shape index (κ1) is 7.64. The SMILES string of the molecule is NCC1=Nc2ccccc2SN1. The minimum Gasteiger partial charge on any atom is -0.324 e. The minimum atomic E-state index is 0.460. The second-order valence-electron chi connectivity index (χ2n) is 2.43. The van der Waals surface area contributed by atoms with Crippen molar-refractivity contribution in [1.29, 1.82) is 0 Å². The molecular formula is C8H9N3S. The standard InChI is InChI=1S/C8H9N3S/c9-5-8-10-6-3-1-2-4-7(6)12-11-8/h1-4H,5,9H2,(H,10,11). The van der Waals surface area contributed by atoms with Crippen LogP contribution in [0.4, 0.5) is 5.69 Å². The van der Waals surface area contributed by atoms with Gasteiger partial charge in [0, 0.05) is 0 Å². The lowest BCUT2D eigenvalue weighted by Gasteiger charge is -2.14. The van der Waals surface area contributed by atoms with Crippen molar-refractivity contribution in [3.63, 3.8) is 0 Å². The molecule has 1 aromatic rings. The van der Waals surface area contributed by atoms with Crippen molar-refractivity contribution in [2.24, 2.45) is 10.7 Å². The molecule has 12 heavy (non-hydrogen) atoms. The van der Waals surface area contributed by atoms with Gasteiger partial charge >= 0.3 is 0 Å². The van der Waals surface area contributed by atoms with Crippen LogP contribution in [0.25, 0.3) is 0 Å². The number of nitrogens with two attached hydrogens (primary N) is 1. The lowest BCUT2D eigenvalue weighted by Crippen LogP contribution is -2.26.